The van der Waals surface area contributed by atoms with E-state index < -0.39 is 12.0 Å². The zero-order chi connectivity index (χ0) is 8.97. The van der Waals surface area contributed by atoms with Crippen LogP contribution in [0.25, 0.3) is 0 Å². The average molecular weight is 167 g/mol. The maximum absolute atomic E-state index is 10.7. The van der Waals surface area contributed by atoms with Crippen molar-refractivity contribution in [2.24, 2.45) is 5.92 Å². The lowest BCUT2D eigenvalue weighted by Crippen LogP contribution is -2.45. The van der Waals surface area contributed by atoms with Crippen molar-refractivity contribution >= 4 is 5.97 Å². The van der Waals surface area contributed by atoms with Crippen molar-refractivity contribution in [3.05, 3.63) is 0 Å². The zero-order valence-electron chi connectivity index (χ0n) is 6.92. The van der Waals surface area contributed by atoms with Gasteiger partial charge < -0.3 is 5.11 Å². The molecular weight excluding hydrogens is 154 g/mol. The van der Waals surface area contributed by atoms with Crippen LogP contribution in [0.1, 0.15) is 19.3 Å². The Labute approximate surface area is 72.2 Å². The molecule has 12 heavy (non-hydrogen) atoms. The van der Waals surface area contributed by atoms with E-state index in [0.29, 0.717) is 6.54 Å². The summed E-state index contributed by atoms with van der Waals surface area (Å²) in [5.41, 5.74) is 0. The molecule has 0 aromatic rings. The third-order valence-corrected chi connectivity index (χ3v) is 2.31. The van der Waals surface area contributed by atoms with E-state index in [0.717, 1.165) is 19.3 Å². The second kappa shape index (κ2) is 4.13. The number of rotatable bonds is 4. The highest BCUT2D eigenvalue weighted by Crippen LogP contribution is 2.29. The summed E-state index contributed by atoms with van der Waals surface area (Å²) in [7, 11) is 0. The fraction of sp³-hybridized carbons (Fsp3) is 0.667. The first-order valence-corrected chi connectivity index (χ1v) is 4.15. The van der Waals surface area contributed by atoms with Crippen molar-refractivity contribution in [2.45, 2.75) is 25.3 Å². The molecule has 0 radical (unpaired) electrons. The Hall–Kier alpha value is -1.01. The van der Waals surface area contributed by atoms with E-state index in [4.69, 9.17) is 11.5 Å². The standard InChI is InChI=1S/C9H13NO2/c1-2-6-10-8(9(11)12)7-4-3-5-7/h1,7-8,10H,3-6H2,(H,11,12). The molecule has 66 valence electrons. The van der Waals surface area contributed by atoms with Crippen LogP contribution >= 0.6 is 0 Å². The summed E-state index contributed by atoms with van der Waals surface area (Å²) in [6, 6.07) is -0.435. The summed E-state index contributed by atoms with van der Waals surface area (Å²) >= 11 is 0. The van der Waals surface area contributed by atoms with E-state index in [1.807, 2.05) is 0 Å². The van der Waals surface area contributed by atoms with Gasteiger partial charge in [-0.25, -0.2) is 0 Å². The molecule has 3 nitrogen and oxygen atoms in total. The average Bonchev–Trinajstić information content (AvgIpc) is 1.93. The maximum Gasteiger partial charge on any atom is 0.321 e. The number of terminal acetylenes is 1. The van der Waals surface area contributed by atoms with E-state index in [9.17, 15) is 4.79 Å². The van der Waals surface area contributed by atoms with Gasteiger partial charge in [0.25, 0.3) is 0 Å². The van der Waals surface area contributed by atoms with Crippen LogP contribution in [-0.2, 0) is 4.79 Å². The minimum absolute atomic E-state index is 0.288. The maximum atomic E-state index is 10.7. The fourth-order valence-electron chi connectivity index (χ4n) is 1.40. The van der Waals surface area contributed by atoms with Crippen LogP contribution in [-0.4, -0.2) is 23.7 Å². The molecule has 1 aliphatic rings. The summed E-state index contributed by atoms with van der Waals surface area (Å²) in [5, 5.41) is 11.6. The van der Waals surface area contributed by atoms with Crippen molar-refractivity contribution in [2.75, 3.05) is 6.54 Å². The van der Waals surface area contributed by atoms with Gasteiger partial charge in [-0.1, -0.05) is 12.3 Å². The quantitative estimate of drug-likeness (QED) is 0.598. The van der Waals surface area contributed by atoms with Gasteiger partial charge in [0.15, 0.2) is 0 Å². The second-order valence-corrected chi connectivity index (χ2v) is 3.09. The van der Waals surface area contributed by atoms with Gasteiger partial charge in [-0.3, -0.25) is 10.1 Å². The molecule has 0 heterocycles. The largest absolute Gasteiger partial charge is 0.480 e. The van der Waals surface area contributed by atoms with Crippen molar-refractivity contribution in [3.63, 3.8) is 0 Å². The highest BCUT2D eigenvalue weighted by atomic mass is 16.4. The van der Waals surface area contributed by atoms with Crippen LogP contribution in [0.5, 0.6) is 0 Å². The summed E-state index contributed by atoms with van der Waals surface area (Å²) in [6.07, 6.45) is 8.19. The fourth-order valence-corrected chi connectivity index (χ4v) is 1.40. The van der Waals surface area contributed by atoms with Crippen LogP contribution in [0.3, 0.4) is 0 Å². The monoisotopic (exact) mass is 167 g/mol. The van der Waals surface area contributed by atoms with Crippen LogP contribution in [0.15, 0.2) is 0 Å². The Morgan fingerprint density at radius 1 is 1.75 bits per heavy atom. The first kappa shape index (κ1) is 9.08. The lowest BCUT2D eigenvalue weighted by molar-refractivity contribution is -0.141. The number of hydrogen-bond acceptors (Lipinski definition) is 2. The highest BCUT2D eigenvalue weighted by molar-refractivity contribution is 5.74. The Bertz CT molecular complexity index is 203. The molecule has 2 N–H and O–H groups in total. The molecule has 0 bridgehead atoms. The zero-order valence-corrected chi connectivity index (χ0v) is 6.92. The lowest BCUT2D eigenvalue weighted by Gasteiger charge is -2.31. The second-order valence-electron chi connectivity index (χ2n) is 3.09. The SMILES string of the molecule is C#CCNC(C(=O)O)C1CCC1. The molecular formula is C9H13NO2. The molecule has 1 fully saturated rings. The summed E-state index contributed by atoms with van der Waals surface area (Å²) in [6.45, 7) is 0.341. The summed E-state index contributed by atoms with van der Waals surface area (Å²) < 4.78 is 0. The van der Waals surface area contributed by atoms with Crippen LogP contribution in [0, 0.1) is 18.3 Å². The molecule has 0 aromatic carbocycles. The van der Waals surface area contributed by atoms with Crippen LogP contribution in [0.4, 0.5) is 0 Å². The molecule has 0 aliphatic heterocycles. The topological polar surface area (TPSA) is 49.3 Å². The predicted octanol–water partition coefficient (Wildman–Crippen LogP) is 0.462. The van der Waals surface area contributed by atoms with Gasteiger partial charge in [0.1, 0.15) is 6.04 Å². The number of carboxylic acid groups (broad SMARTS) is 1. The molecule has 1 atom stereocenters. The van der Waals surface area contributed by atoms with Gasteiger partial charge in [-0.2, -0.15) is 0 Å². The normalized spacial score (nSPS) is 19.2. The molecule has 1 saturated carbocycles. The van der Waals surface area contributed by atoms with E-state index in [1.54, 1.807) is 0 Å². The number of carboxylic acids is 1. The molecule has 0 spiro atoms. The molecule has 0 amide bonds. The smallest absolute Gasteiger partial charge is 0.321 e. The van der Waals surface area contributed by atoms with Crippen molar-refractivity contribution in [1.82, 2.24) is 5.32 Å². The van der Waals surface area contributed by atoms with Crippen LogP contribution < -0.4 is 5.32 Å². The molecule has 3 heteroatoms. The summed E-state index contributed by atoms with van der Waals surface area (Å²) in [4.78, 5) is 10.7. The Morgan fingerprint density at radius 3 is 2.75 bits per heavy atom. The first-order valence-electron chi connectivity index (χ1n) is 4.15. The van der Waals surface area contributed by atoms with Gasteiger partial charge in [0, 0.05) is 0 Å². The minimum atomic E-state index is -0.782. The van der Waals surface area contributed by atoms with E-state index in [-0.39, 0.29) is 5.92 Å². The molecule has 1 rings (SSSR count). The molecule has 0 saturated heterocycles. The van der Waals surface area contributed by atoms with Gasteiger partial charge in [0.05, 0.1) is 6.54 Å². The Kier molecular flexibility index (Phi) is 3.12. The third-order valence-electron chi connectivity index (χ3n) is 2.31. The summed E-state index contributed by atoms with van der Waals surface area (Å²) in [5.74, 6) is 1.89. The van der Waals surface area contributed by atoms with Gasteiger partial charge in [-0.05, 0) is 18.8 Å². The van der Waals surface area contributed by atoms with E-state index in [1.165, 1.54) is 0 Å². The van der Waals surface area contributed by atoms with Gasteiger partial charge in [-0.15, -0.1) is 6.42 Å². The van der Waals surface area contributed by atoms with E-state index >= 15 is 0 Å². The first-order chi connectivity index (χ1) is 5.75. The lowest BCUT2D eigenvalue weighted by atomic mass is 9.80. The molecule has 1 unspecified atom stereocenters. The highest BCUT2D eigenvalue weighted by Gasteiger charge is 2.31. The Morgan fingerprint density at radius 2 is 2.42 bits per heavy atom. The number of nitrogens with one attached hydrogen (secondary N) is 1. The molecule has 1 aliphatic carbocycles. The van der Waals surface area contributed by atoms with Crippen molar-refractivity contribution in [1.29, 1.82) is 0 Å². The minimum Gasteiger partial charge on any atom is -0.480 e. The van der Waals surface area contributed by atoms with Gasteiger partial charge in [0.2, 0.25) is 0 Å². The van der Waals surface area contributed by atoms with E-state index in [2.05, 4.69) is 11.2 Å². The van der Waals surface area contributed by atoms with Crippen molar-refractivity contribution < 1.29 is 9.90 Å². The number of hydrogen-bond donors (Lipinski definition) is 2. The van der Waals surface area contributed by atoms with Crippen LogP contribution in [0.2, 0.25) is 0 Å². The predicted molar refractivity (Wildman–Crippen MR) is 45.6 cm³/mol. The van der Waals surface area contributed by atoms with Crippen molar-refractivity contribution in [3.8, 4) is 12.3 Å². The number of carbonyl (C=O) groups is 1. The number of aliphatic carboxylic acids is 1. The van der Waals surface area contributed by atoms with Gasteiger partial charge >= 0.3 is 5.97 Å². The third kappa shape index (κ3) is 1.99. The Balaban J connectivity index is 2.38. The molecule has 0 aromatic heterocycles.